The third-order valence-corrected chi connectivity index (χ3v) is 4.47. The van der Waals surface area contributed by atoms with Crippen molar-refractivity contribution >= 4 is 11.8 Å². The zero-order valence-corrected chi connectivity index (χ0v) is 13.7. The maximum atomic E-state index is 13.5. The minimum Gasteiger partial charge on any atom is -0.477 e. The van der Waals surface area contributed by atoms with Crippen LogP contribution in [0.25, 0.3) is 0 Å². The van der Waals surface area contributed by atoms with E-state index < -0.39 is 24.2 Å². The van der Waals surface area contributed by atoms with E-state index in [9.17, 15) is 23.1 Å². The number of rotatable bonds is 3. The van der Waals surface area contributed by atoms with E-state index in [2.05, 4.69) is 10.4 Å². The van der Waals surface area contributed by atoms with Gasteiger partial charge in [-0.25, -0.2) is 9.48 Å². The molecule has 8 heteroatoms. The van der Waals surface area contributed by atoms with E-state index in [1.165, 1.54) is 0 Å². The molecule has 0 amide bonds. The molecule has 0 saturated carbocycles. The van der Waals surface area contributed by atoms with Gasteiger partial charge in [-0.3, -0.25) is 0 Å². The van der Waals surface area contributed by atoms with Crippen molar-refractivity contribution in [3.8, 4) is 0 Å². The number of carboxylic acids is 1. The van der Waals surface area contributed by atoms with E-state index in [4.69, 9.17) is 0 Å². The molecule has 25 heavy (non-hydrogen) atoms. The molecule has 2 atom stereocenters. The first-order valence-corrected chi connectivity index (χ1v) is 7.92. The summed E-state index contributed by atoms with van der Waals surface area (Å²) in [4.78, 5) is 11.3. The normalized spacial score (nSPS) is 20.2. The zero-order valence-electron chi connectivity index (χ0n) is 13.7. The standard InChI is InChI=1S/C17H18F3N3O2/c1-9(2)10-3-5-11(6-4-10)13-7-14(17(18,19)20)23-15(22-13)12(8-21-23)16(24)25/h3-6,8-9,13-14,22H,7H2,1-2H3,(H,24,25)/t13-,14-/m1/s1. The van der Waals surface area contributed by atoms with Crippen molar-refractivity contribution < 1.29 is 23.1 Å². The van der Waals surface area contributed by atoms with Gasteiger partial charge in [0.05, 0.1) is 12.2 Å². The van der Waals surface area contributed by atoms with Crippen LogP contribution in [0.2, 0.25) is 0 Å². The van der Waals surface area contributed by atoms with Gasteiger partial charge in [-0.15, -0.1) is 0 Å². The molecule has 1 aliphatic rings. The van der Waals surface area contributed by atoms with Crippen LogP contribution in [-0.2, 0) is 0 Å². The van der Waals surface area contributed by atoms with E-state index in [1.54, 1.807) is 12.1 Å². The Bertz CT molecular complexity index is 781. The molecule has 2 N–H and O–H groups in total. The van der Waals surface area contributed by atoms with Crippen molar-refractivity contribution in [2.45, 2.75) is 44.4 Å². The highest BCUT2D eigenvalue weighted by Gasteiger charge is 2.47. The quantitative estimate of drug-likeness (QED) is 0.860. The highest BCUT2D eigenvalue weighted by atomic mass is 19.4. The number of carbonyl (C=O) groups is 1. The summed E-state index contributed by atoms with van der Waals surface area (Å²) in [5.41, 5.74) is 1.50. The Hall–Kier alpha value is -2.51. The molecule has 0 bridgehead atoms. The van der Waals surface area contributed by atoms with Crippen LogP contribution in [0.3, 0.4) is 0 Å². The van der Waals surface area contributed by atoms with Gasteiger partial charge in [-0.2, -0.15) is 18.3 Å². The Labute approximate surface area is 142 Å². The van der Waals surface area contributed by atoms with Crippen molar-refractivity contribution in [2.24, 2.45) is 0 Å². The molecule has 2 heterocycles. The molecular formula is C17H18F3N3O2. The number of carboxylic acid groups (broad SMARTS) is 1. The number of aromatic nitrogens is 2. The minimum absolute atomic E-state index is 0.112. The van der Waals surface area contributed by atoms with Gasteiger partial charge in [0.1, 0.15) is 11.4 Å². The molecule has 3 rings (SSSR count). The van der Waals surface area contributed by atoms with Crippen molar-refractivity contribution in [1.29, 1.82) is 0 Å². The van der Waals surface area contributed by atoms with Gasteiger partial charge < -0.3 is 10.4 Å². The lowest BCUT2D eigenvalue weighted by Crippen LogP contribution is -2.36. The summed E-state index contributed by atoms with van der Waals surface area (Å²) in [6.45, 7) is 4.07. The van der Waals surface area contributed by atoms with Crippen LogP contribution in [-0.4, -0.2) is 27.0 Å². The smallest absolute Gasteiger partial charge is 0.410 e. The van der Waals surface area contributed by atoms with E-state index in [-0.39, 0.29) is 17.8 Å². The summed E-state index contributed by atoms with van der Waals surface area (Å²) in [5.74, 6) is -1.11. The zero-order chi connectivity index (χ0) is 18.4. The second-order valence-electron chi connectivity index (χ2n) is 6.47. The van der Waals surface area contributed by atoms with Gasteiger partial charge in [0.15, 0.2) is 6.04 Å². The summed E-state index contributed by atoms with van der Waals surface area (Å²) in [6, 6.07) is 4.82. The molecule has 1 aromatic carbocycles. The highest BCUT2D eigenvalue weighted by molar-refractivity contribution is 5.93. The molecule has 0 spiro atoms. The number of benzene rings is 1. The number of fused-ring (bicyclic) bond motifs is 1. The monoisotopic (exact) mass is 353 g/mol. The molecule has 1 aromatic heterocycles. The lowest BCUT2D eigenvalue weighted by atomic mass is 9.94. The largest absolute Gasteiger partial charge is 0.477 e. The molecule has 0 unspecified atom stereocenters. The number of halogens is 3. The summed E-state index contributed by atoms with van der Waals surface area (Å²) in [7, 11) is 0. The molecular weight excluding hydrogens is 335 g/mol. The number of anilines is 1. The van der Waals surface area contributed by atoms with Crippen LogP contribution in [0.1, 0.15) is 59.8 Å². The number of alkyl halides is 3. The number of aromatic carboxylic acids is 1. The lowest BCUT2D eigenvalue weighted by Gasteiger charge is -2.34. The number of hydrogen-bond donors (Lipinski definition) is 2. The third-order valence-electron chi connectivity index (χ3n) is 4.47. The second-order valence-corrected chi connectivity index (χ2v) is 6.47. The first kappa shape index (κ1) is 17.3. The number of nitrogens with zero attached hydrogens (tertiary/aromatic N) is 2. The molecule has 2 aromatic rings. The average Bonchev–Trinajstić information content (AvgIpc) is 2.97. The van der Waals surface area contributed by atoms with E-state index >= 15 is 0 Å². The van der Waals surface area contributed by atoms with Gasteiger partial charge in [0.2, 0.25) is 0 Å². The van der Waals surface area contributed by atoms with Gasteiger partial charge in [-0.1, -0.05) is 38.1 Å². The molecule has 1 aliphatic heterocycles. The fraction of sp³-hybridized carbons (Fsp3) is 0.412. The molecule has 5 nitrogen and oxygen atoms in total. The van der Waals surface area contributed by atoms with Gasteiger partial charge in [0, 0.05) is 6.42 Å². The van der Waals surface area contributed by atoms with E-state index in [1.807, 2.05) is 26.0 Å². The highest BCUT2D eigenvalue weighted by Crippen LogP contribution is 2.44. The summed E-state index contributed by atoms with van der Waals surface area (Å²) in [5, 5.41) is 15.8. The topological polar surface area (TPSA) is 67.2 Å². The molecule has 0 saturated heterocycles. The Kier molecular flexibility index (Phi) is 4.22. The summed E-state index contributed by atoms with van der Waals surface area (Å²) < 4.78 is 41.1. The van der Waals surface area contributed by atoms with Crippen molar-refractivity contribution in [1.82, 2.24) is 9.78 Å². The molecule has 0 aliphatic carbocycles. The first-order valence-electron chi connectivity index (χ1n) is 7.92. The van der Waals surface area contributed by atoms with Crippen molar-refractivity contribution in [2.75, 3.05) is 5.32 Å². The van der Waals surface area contributed by atoms with Crippen LogP contribution in [0.15, 0.2) is 30.5 Å². The van der Waals surface area contributed by atoms with E-state index in [0.29, 0.717) is 11.5 Å². The predicted octanol–water partition coefficient (Wildman–Crippen LogP) is 4.37. The summed E-state index contributed by atoms with van der Waals surface area (Å²) >= 11 is 0. The maximum absolute atomic E-state index is 13.5. The fourth-order valence-corrected chi connectivity index (χ4v) is 3.05. The molecule has 0 fully saturated rings. The van der Waals surface area contributed by atoms with Crippen LogP contribution in [0.5, 0.6) is 0 Å². The maximum Gasteiger partial charge on any atom is 0.410 e. The van der Waals surface area contributed by atoms with Crippen LogP contribution >= 0.6 is 0 Å². The lowest BCUT2D eigenvalue weighted by molar-refractivity contribution is -0.173. The van der Waals surface area contributed by atoms with Crippen molar-refractivity contribution in [3.05, 3.63) is 47.2 Å². The number of nitrogens with one attached hydrogen (secondary N) is 1. The minimum atomic E-state index is -4.52. The molecule has 0 radical (unpaired) electrons. The van der Waals surface area contributed by atoms with Gasteiger partial charge in [-0.05, 0) is 17.0 Å². The average molecular weight is 353 g/mol. The fourth-order valence-electron chi connectivity index (χ4n) is 3.05. The van der Waals surface area contributed by atoms with E-state index in [0.717, 1.165) is 16.4 Å². The third kappa shape index (κ3) is 3.20. The van der Waals surface area contributed by atoms with Crippen LogP contribution in [0.4, 0.5) is 19.0 Å². The Morgan fingerprint density at radius 3 is 2.48 bits per heavy atom. The Morgan fingerprint density at radius 1 is 1.32 bits per heavy atom. The second kappa shape index (κ2) is 6.09. The molecule has 134 valence electrons. The van der Waals surface area contributed by atoms with Crippen LogP contribution < -0.4 is 5.32 Å². The first-order chi connectivity index (χ1) is 11.7. The van der Waals surface area contributed by atoms with Gasteiger partial charge >= 0.3 is 12.1 Å². The van der Waals surface area contributed by atoms with Crippen molar-refractivity contribution in [3.63, 3.8) is 0 Å². The Balaban J connectivity index is 2.00. The van der Waals surface area contributed by atoms with Gasteiger partial charge in [0.25, 0.3) is 0 Å². The SMILES string of the molecule is CC(C)c1ccc([C@H]2C[C@H](C(F)(F)F)n3ncc(C(=O)O)c3N2)cc1. The summed E-state index contributed by atoms with van der Waals surface area (Å²) in [6.07, 6.45) is -3.82. The number of hydrogen-bond acceptors (Lipinski definition) is 3. The predicted molar refractivity (Wildman–Crippen MR) is 85.8 cm³/mol. The Morgan fingerprint density at radius 2 is 1.96 bits per heavy atom. The van der Waals surface area contributed by atoms with Crippen LogP contribution in [0, 0.1) is 0 Å².